The summed E-state index contributed by atoms with van der Waals surface area (Å²) in [5.41, 5.74) is 2.92. The molecule has 2 N–H and O–H groups in total. The number of benzodiazepines with no additional fused rings is 1. The molecule has 3 atom stereocenters. The van der Waals surface area contributed by atoms with E-state index in [1.807, 2.05) is 43.3 Å². The molecule has 0 bridgehead atoms. The van der Waals surface area contributed by atoms with Crippen LogP contribution in [0.3, 0.4) is 0 Å². The van der Waals surface area contributed by atoms with Gasteiger partial charge < -0.3 is 15.3 Å². The first-order chi connectivity index (χ1) is 15.4. The van der Waals surface area contributed by atoms with Gasteiger partial charge in [-0.3, -0.25) is 9.59 Å². The molecule has 1 saturated carbocycles. The quantitative estimate of drug-likeness (QED) is 0.669. The molecule has 0 spiro atoms. The lowest BCUT2D eigenvalue weighted by Crippen LogP contribution is -2.49. The summed E-state index contributed by atoms with van der Waals surface area (Å²) in [5, 5.41) is 13.9. The number of likely N-dealkylation sites (N-methyl/N-ethyl adjacent to an activating group) is 1. The molecule has 0 aromatic heterocycles. The molecule has 2 aromatic rings. The van der Waals surface area contributed by atoms with Crippen molar-refractivity contribution in [1.29, 1.82) is 0 Å². The number of rotatable bonds is 7. The molecule has 32 heavy (non-hydrogen) atoms. The van der Waals surface area contributed by atoms with E-state index in [1.54, 1.807) is 19.2 Å². The number of amides is 2. The van der Waals surface area contributed by atoms with Gasteiger partial charge >= 0.3 is 0 Å². The minimum absolute atomic E-state index is 0.328. The summed E-state index contributed by atoms with van der Waals surface area (Å²) in [6.07, 6.45) is 1.45. The van der Waals surface area contributed by atoms with Crippen LogP contribution in [0.25, 0.3) is 0 Å². The zero-order valence-corrected chi connectivity index (χ0v) is 19.0. The number of hydrogen-bond acceptors (Lipinski definition) is 4. The van der Waals surface area contributed by atoms with Gasteiger partial charge in [-0.25, -0.2) is 4.99 Å². The summed E-state index contributed by atoms with van der Waals surface area (Å²) in [5.74, 6) is -0.739. The molecule has 2 aromatic carbocycles. The van der Waals surface area contributed by atoms with E-state index in [4.69, 9.17) is 16.6 Å². The lowest BCUT2D eigenvalue weighted by Gasteiger charge is -2.25. The average molecular weight is 454 g/mol. The molecule has 2 amide bonds. The van der Waals surface area contributed by atoms with Gasteiger partial charge in [-0.1, -0.05) is 61.7 Å². The van der Waals surface area contributed by atoms with Crippen molar-refractivity contribution in [2.75, 3.05) is 11.9 Å². The summed E-state index contributed by atoms with van der Waals surface area (Å²) in [7, 11) is 1.68. The number of benzene rings is 2. The SMILES string of the molecule is CCC(O)C(CC1CC1)C(=O)NC1N=C(c2ccc(Cl)cc2)c2ccccc2N(C)C1=O. The van der Waals surface area contributed by atoms with Crippen LogP contribution in [0, 0.1) is 11.8 Å². The molecule has 1 fully saturated rings. The van der Waals surface area contributed by atoms with Crippen molar-refractivity contribution in [3.8, 4) is 0 Å². The van der Waals surface area contributed by atoms with Crippen LogP contribution in [0.4, 0.5) is 5.69 Å². The highest BCUT2D eigenvalue weighted by Crippen LogP contribution is 2.37. The van der Waals surface area contributed by atoms with Crippen LogP contribution >= 0.6 is 11.6 Å². The molecule has 168 valence electrons. The second-order valence-corrected chi connectivity index (χ2v) is 9.01. The van der Waals surface area contributed by atoms with Gasteiger partial charge in [0.25, 0.3) is 5.91 Å². The van der Waals surface area contributed by atoms with E-state index in [0.717, 1.165) is 24.0 Å². The average Bonchev–Trinajstić information content (AvgIpc) is 3.64. The lowest BCUT2D eigenvalue weighted by atomic mass is 9.93. The number of aliphatic hydroxyl groups is 1. The second kappa shape index (κ2) is 9.43. The number of nitrogens with zero attached hydrogens (tertiary/aromatic N) is 2. The van der Waals surface area contributed by atoms with Gasteiger partial charge in [-0.2, -0.15) is 0 Å². The Labute approximate surface area is 193 Å². The Hall–Kier alpha value is -2.70. The van der Waals surface area contributed by atoms with Crippen LogP contribution in [-0.2, 0) is 9.59 Å². The Morgan fingerprint density at radius 2 is 1.91 bits per heavy atom. The molecular formula is C25H28ClN3O3. The summed E-state index contributed by atoms with van der Waals surface area (Å²) < 4.78 is 0. The number of carbonyl (C=O) groups is 2. The highest BCUT2D eigenvalue weighted by Gasteiger charge is 2.36. The van der Waals surface area contributed by atoms with E-state index in [9.17, 15) is 14.7 Å². The van der Waals surface area contributed by atoms with E-state index in [1.165, 1.54) is 4.90 Å². The van der Waals surface area contributed by atoms with E-state index in [0.29, 0.717) is 35.2 Å². The smallest absolute Gasteiger partial charge is 0.272 e. The summed E-state index contributed by atoms with van der Waals surface area (Å²) in [6.45, 7) is 1.86. The molecule has 1 aliphatic carbocycles. The van der Waals surface area contributed by atoms with Crippen molar-refractivity contribution < 1.29 is 14.7 Å². The number of fused-ring (bicyclic) bond motifs is 1. The largest absolute Gasteiger partial charge is 0.392 e. The Morgan fingerprint density at radius 1 is 1.22 bits per heavy atom. The zero-order valence-electron chi connectivity index (χ0n) is 18.3. The monoisotopic (exact) mass is 453 g/mol. The summed E-state index contributed by atoms with van der Waals surface area (Å²) in [6, 6.07) is 14.8. The first-order valence-electron chi connectivity index (χ1n) is 11.1. The molecule has 2 aliphatic rings. The van der Waals surface area contributed by atoms with Crippen LogP contribution in [-0.4, -0.2) is 41.9 Å². The first-order valence-corrected chi connectivity index (χ1v) is 11.5. The number of para-hydroxylation sites is 1. The third-order valence-electron chi connectivity index (χ3n) is 6.24. The minimum Gasteiger partial charge on any atom is -0.392 e. The van der Waals surface area contributed by atoms with Crippen LogP contribution < -0.4 is 10.2 Å². The fraction of sp³-hybridized carbons (Fsp3) is 0.400. The number of aliphatic imine (C=N–C) groups is 1. The van der Waals surface area contributed by atoms with Crippen molar-refractivity contribution in [3.05, 3.63) is 64.7 Å². The Morgan fingerprint density at radius 3 is 2.56 bits per heavy atom. The Balaban J connectivity index is 1.70. The second-order valence-electron chi connectivity index (χ2n) is 8.57. The van der Waals surface area contributed by atoms with E-state index >= 15 is 0 Å². The number of nitrogens with one attached hydrogen (secondary N) is 1. The number of anilines is 1. The third-order valence-corrected chi connectivity index (χ3v) is 6.50. The predicted molar refractivity (Wildman–Crippen MR) is 126 cm³/mol. The lowest BCUT2D eigenvalue weighted by molar-refractivity contribution is -0.133. The maximum absolute atomic E-state index is 13.3. The van der Waals surface area contributed by atoms with Gasteiger partial charge in [0.2, 0.25) is 12.1 Å². The highest BCUT2D eigenvalue weighted by molar-refractivity contribution is 6.30. The van der Waals surface area contributed by atoms with Gasteiger partial charge in [0.1, 0.15) is 0 Å². The van der Waals surface area contributed by atoms with Gasteiger partial charge in [-0.15, -0.1) is 0 Å². The van der Waals surface area contributed by atoms with Gasteiger partial charge in [0.15, 0.2) is 0 Å². The molecule has 4 rings (SSSR count). The third kappa shape index (κ3) is 4.71. The van der Waals surface area contributed by atoms with E-state index < -0.39 is 18.2 Å². The van der Waals surface area contributed by atoms with Crippen LogP contribution in [0.1, 0.15) is 43.7 Å². The fourth-order valence-corrected chi connectivity index (χ4v) is 4.26. The highest BCUT2D eigenvalue weighted by atomic mass is 35.5. The van der Waals surface area contributed by atoms with Crippen molar-refractivity contribution in [3.63, 3.8) is 0 Å². The van der Waals surface area contributed by atoms with Crippen molar-refractivity contribution in [1.82, 2.24) is 5.32 Å². The number of carbonyl (C=O) groups excluding carboxylic acids is 2. The van der Waals surface area contributed by atoms with Crippen LogP contribution in [0.2, 0.25) is 5.02 Å². The van der Waals surface area contributed by atoms with Gasteiger partial charge in [-0.05, 0) is 37.0 Å². The maximum Gasteiger partial charge on any atom is 0.272 e. The number of halogens is 1. The summed E-state index contributed by atoms with van der Waals surface area (Å²) >= 11 is 6.07. The molecule has 1 heterocycles. The molecule has 0 saturated heterocycles. The fourth-order valence-electron chi connectivity index (χ4n) is 4.13. The van der Waals surface area contributed by atoms with Gasteiger partial charge in [0.05, 0.1) is 23.4 Å². The molecular weight excluding hydrogens is 426 g/mol. The molecule has 1 aliphatic heterocycles. The number of hydrogen-bond donors (Lipinski definition) is 2. The molecule has 6 nitrogen and oxygen atoms in total. The molecule has 0 radical (unpaired) electrons. The van der Waals surface area contributed by atoms with E-state index in [-0.39, 0.29) is 11.8 Å². The predicted octanol–water partition coefficient (Wildman–Crippen LogP) is 3.78. The topological polar surface area (TPSA) is 82.0 Å². The van der Waals surface area contributed by atoms with Crippen molar-refractivity contribution >= 4 is 34.8 Å². The van der Waals surface area contributed by atoms with Crippen molar-refractivity contribution in [2.24, 2.45) is 16.8 Å². The summed E-state index contributed by atoms with van der Waals surface area (Å²) in [4.78, 5) is 32.7. The standard InChI is InChI=1S/C25H28ClN3O3/c1-3-21(30)19(14-15-8-9-15)24(31)28-23-25(32)29(2)20-7-5-4-6-18(20)22(27-23)16-10-12-17(26)13-11-16/h4-7,10-13,15,19,21,23,30H,3,8-9,14H2,1-2H3,(H,28,31). The van der Waals surface area contributed by atoms with E-state index in [2.05, 4.69) is 5.32 Å². The van der Waals surface area contributed by atoms with Crippen LogP contribution in [0.15, 0.2) is 53.5 Å². The van der Waals surface area contributed by atoms with Crippen molar-refractivity contribution in [2.45, 2.75) is 44.9 Å². The van der Waals surface area contributed by atoms with Crippen LogP contribution in [0.5, 0.6) is 0 Å². The van der Waals surface area contributed by atoms with Gasteiger partial charge in [0, 0.05) is 23.2 Å². The Bertz CT molecular complexity index is 1030. The Kier molecular flexibility index (Phi) is 6.63. The minimum atomic E-state index is -1.09. The maximum atomic E-state index is 13.3. The first kappa shape index (κ1) is 22.5. The molecule has 7 heteroatoms. The normalized spacial score (nSPS) is 20.1. The number of aliphatic hydroxyl groups excluding tert-OH is 1. The zero-order chi connectivity index (χ0) is 22.8. The molecule has 3 unspecified atom stereocenters.